The molecule has 1 N–H and O–H groups in total. The molecule has 0 fully saturated rings. The number of aryl methyl sites for hydroxylation is 4. The van der Waals surface area contributed by atoms with E-state index >= 15 is 0 Å². The van der Waals surface area contributed by atoms with Gasteiger partial charge in [0.1, 0.15) is 11.4 Å². The van der Waals surface area contributed by atoms with Crippen molar-refractivity contribution in [1.29, 1.82) is 0 Å². The number of fused-ring (bicyclic) bond motifs is 1. The Bertz CT molecular complexity index is 970. The van der Waals surface area contributed by atoms with Crippen molar-refractivity contribution in [2.75, 3.05) is 41.0 Å². The highest BCUT2D eigenvalue weighted by atomic mass is 16.5. The van der Waals surface area contributed by atoms with E-state index in [2.05, 4.69) is 49.8 Å². The lowest BCUT2D eigenvalue weighted by Gasteiger charge is -2.20. The molecule has 0 bridgehead atoms. The highest BCUT2D eigenvalue weighted by molar-refractivity contribution is 5.48. The molecule has 1 aliphatic rings. The van der Waals surface area contributed by atoms with Crippen molar-refractivity contribution in [2.24, 2.45) is 0 Å². The van der Waals surface area contributed by atoms with E-state index in [1.807, 2.05) is 18.2 Å². The number of nitrogens with zero attached hydrogens (tertiary/aromatic N) is 1. The van der Waals surface area contributed by atoms with Crippen molar-refractivity contribution in [3.63, 3.8) is 0 Å². The number of aliphatic hydroxyl groups is 1. The Morgan fingerprint density at radius 1 is 0.970 bits per heavy atom. The summed E-state index contributed by atoms with van der Waals surface area (Å²) in [5, 5.41) is 11.1. The summed E-state index contributed by atoms with van der Waals surface area (Å²) in [4.78, 5) is 2.17. The molecule has 2 aromatic rings. The van der Waals surface area contributed by atoms with Crippen LogP contribution in [-0.4, -0.2) is 56.6 Å². The molecule has 5 heteroatoms. The molecule has 0 aromatic heterocycles. The first-order valence-corrected chi connectivity index (χ1v) is 11.7. The van der Waals surface area contributed by atoms with Crippen LogP contribution in [0.4, 0.5) is 0 Å². The van der Waals surface area contributed by atoms with Gasteiger partial charge >= 0.3 is 0 Å². The lowest BCUT2D eigenvalue weighted by atomic mass is 9.94. The molecule has 33 heavy (non-hydrogen) atoms. The van der Waals surface area contributed by atoms with Crippen LogP contribution in [-0.2, 0) is 12.8 Å². The van der Waals surface area contributed by atoms with Crippen LogP contribution in [0.25, 0.3) is 0 Å². The van der Waals surface area contributed by atoms with Crippen molar-refractivity contribution in [3.8, 4) is 29.1 Å². The van der Waals surface area contributed by atoms with Gasteiger partial charge in [-0.25, -0.2) is 0 Å². The molecular weight excluding hydrogens is 414 g/mol. The minimum absolute atomic E-state index is 0.621. The van der Waals surface area contributed by atoms with E-state index in [0.717, 1.165) is 43.1 Å². The first-order chi connectivity index (χ1) is 15.8. The third kappa shape index (κ3) is 6.90. The predicted molar refractivity (Wildman–Crippen MR) is 132 cm³/mol. The Hall–Kier alpha value is -2.68. The van der Waals surface area contributed by atoms with Gasteiger partial charge in [-0.2, -0.15) is 0 Å². The van der Waals surface area contributed by atoms with Crippen LogP contribution in [0, 0.1) is 25.7 Å². The number of hydrogen-bond donors (Lipinski definition) is 1. The topological polar surface area (TPSA) is 51.2 Å². The molecule has 0 heterocycles. The average Bonchev–Trinajstić information content (AvgIpc) is 2.97. The highest BCUT2D eigenvalue weighted by Crippen LogP contribution is 2.35. The second-order valence-corrected chi connectivity index (χ2v) is 9.00. The Kier molecular flexibility index (Phi) is 8.66. The van der Waals surface area contributed by atoms with Gasteiger partial charge in [0, 0.05) is 6.54 Å². The van der Waals surface area contributed by atoms with E-state index in [-0.39, 0.29) is 0 Å². The molecule has 0 amide bonds. The zero-order chi connectivity index (χ0) is 23.8. The maximum atomic E-state index is 11.1. The van der Waals surface area contributed by atoms with Gasteiger partial charge in [-0.1, -0.05) is 17.9 Å². The van der Waals surface area contributed by atoms with Crippen LogP contribution in [0.3, 0.4) is 0 Å². The first-order valence-electron chi connectivity index (χ1n) is 11.7. The molecule has 178 valence electrons. The third-order valence-electron chi connectivity index (χ3n) is 6.42. The second kappa shape index (κ2) is 11.4. The maximum Gasteiger partial charge on any atom is 0.161 e. The number of methoxy groups -OCH3 is 2. The Labute approximate surface area is 198 Å². The van der Waals surface area contributed by atoms with Gasteiger partial charge in [0.15, 0.2) is 11.5 Å². The normalized spacial score (nSPS) is 14.6. The Balaban J connectivity index is 1.46. The monoisotopic (exact) mass is 451 g/mol. The van der Waals surface area contributed by atoms with Gasteiger partial charge in [-0.3, -0.25) is 4.90 Å². The van der Waals surface area contributed by atoms with Gasteiger partial charge < -0.3 is 19.3 Å². The van der Waals surface area contributed by atoms with Crippen molar-refractivity contribution in [1.82, 2.24) is 4.90 Å². The number of hydrogen-bond acceptors (Lipinski definition) is 5. The summed E-state index contributed by atoms with van der Waals surface area (Å²) in [7, 11) is 5.35. The minimum atomic E-state index is -0.966. The molecule has 5 nitrogen and oxygen atoms in total. The average molecular weight is 452 g/mol. The van der Waals surface area contributed by atoms with Crippen LogP contribution in [0.15, 0.2) is 30.3 Å². The largest absolute Gasteiger partial charge is 0.494 e. The van der Waals surface area contributed by atoms with E-state index in [0.29, 0.717) is 26.0 Å². The van der Waals surface area contributed by atoms with Gasteiger partial charge in [0.05, 0.1) is 27.4 Å². The van der Waals surface area contributed by atoms with Crippen molar-refractivity contribution >= 4 is 0 Å². The van der Waals surface area contributed by atoms with E-state index < -0.39 is 5.60 Å². The van der Waals surface area contributed by atoms with Gasteiger partial charge in [-0.15, -0.1) is 0 Å². The fourth-order valence-corrected chi connectivity index (χ4v) is 4.11. The van der Waals surface area contributed by atoms with Crippen molar-refractivity contribution < 1.29 is 19.3 Å². The summed E-state index contributed by atoms with van der Waals surface area (Å²) in [6.07, 6.45) is 3.71. The number of rotatable bonds is 8. The van der Waals surface area contributed by atoms with Crippen LogP contribution >= 0.6 is 0 Å². The summed E-state index contributed by atoms with van der Waals surface area (Å²) in [6.45, 7) is 6.40. The first kappa shape index (κ1) is 25.0. The van der Waals surface area contributed by atoms with E-state index in [4.69, 9.17) is 14.2 Å². The Morgan fingerprint density at radius 3 is 2.18 bits per heavy atom. The summed E-state index contributed by atoms with van der Waals surface area (Å²) in [5.41, 5.74) is 3.96. The van der Waals surface area contributed by atoms with Crippen LogP contribution in [0.5, 0.6) is 17.2 Å². The molecule has 0 radical (unpaired) electrons. The molecule has 3 rings (SSSR count). The highest BCUT2D eigenvalue weighted by Gasteiger charge is 2.28. The molecule has 0 saturated heterocycles. The van der Waals surface area contributed by atoms with E-state index in [1.165, 1.54) is 22.3 Å². The molecule has 2 aromatic carbocycles. The third-order valence-corrected chi connectivity index (χ3v) is 6.42. The van der Waals surface area contributed by atoms with Crippen molar-refractivity contribution in [3.05, 3.63) is 52.6 Å². The Morgan fingerprint density at radius 2 is 1.61 bits per heavy atom. The smallest absolute Gasteiger partial charge is 0.161 e. The second-order valence-electron chi connectivity index (χ2n) is 9.00. The zero-order valence-electron chi connectivity index (χ0n) is 20.7. The zero-order valence-corrected chi connectivity index (χ0v) is 20.7. The standard InChI is InChI=1S/C28H37NO4/c1-21-8-9-25(18-22(21)2)33-17-7-16-29(3)15-6-12-28(30)13-10-23-19-26(31-4)27(32-5)20-24(23)11-14-28/h8-9,18-20,30H,7,10-11,13-17H2,1-5H3. The van der Waals surface area contributed by atoms with Crippen LogP contribution < -0.4 is 14.2 Å². The maximum absolute atomic E-state index is 11.1. The molecule has 1 aliphatic carbocycles. The quantitative estimate of drug-likeness (QED) is 0.368. The fourth-order valence-electron chi connectivity index (χ4n) is 4.11. The number of benzene rings is 2. The molecule has 0 aliphatic heterocycles. The predicted octanol–water partition coefficient (Wildman–Crippen LogP) is 4.33. The molecule has 0 atom stereocenters. The molecular formula is C28H37NO4. The van der Waals surface area contributed by atoms with Crippen molar-refractivity contribution in [2.45, 2.75) is 51.6 Å². The summed E-state index contributed by atoms with van der Waals surface area (Å²) in [6, 6.07) is 10.3. The van der Waals surface area contributed by atoms with Gasteiger partial charge in [0.25, 0.3) is 0 Å². The lowest BCUT2D eigenvalue weighted by molar-refractivity contribution is 0.0856. The van der Waals surface area contributed by atoms with Gasteiger partial charge in [0.2, 0.25) is 0 Å². The fraction of sp³-hybridized carbons (Fsp3) is 0.500. The summed E-state index contributed by atoms with van der Waals surface area (Å²) in [5.74, 6) is 8.75. The summed E-state index contributed by atoms with van der Waals surface area (Å²) < 4.78 is 16.7. The molecule has 0 saturated carbocycles. The minimum Gasteiger partial charge on any atom is -0.494 e. The van der Waals surface area contributed by atoms with E-state index in [9.17, 15) is 5.11 Å². The molecule has 0 spiro atoms. The summed E-state index contributed by atoms with van der Waals surface area (Å²) >= 11 is 0. The molecule has 0 unspecified atom stereocenters. The van der Waals surface area contributed by atoms with Crippen LogP contribution in [0.1, 0.15) is 41.5 Å². The number of ether oxygens (including phenoxy) is 3. The van der Waals surface area contributed by atoms with E-state index in [1.54, 1.807) is 14.2 Å². The van der Waals surface area contributed by atoms with Gasteiger partial charge in [-0.05, 0) is 99.5 Å². The SMILES string of the molecule is COc1cc2c(cc1OC)CCC(O)(C#CCN(C)CCCOc1ccc(C)c(C)c1)CC2. The van der Waals surface area contributed by atoms with Crippen LogP contribution in [0.2, 0.25) is 0 Å². The lowest BCUT2D eigenvalue weighted by Crippen LogP contribution is -2.27.